The van der Waals surface area contributed by atoms with Gasteiger partial charge in [-0.2, -0.15) is 0 Å². The number of aromatic nitrogens is 2. The van der Waals surface area contributed by atoms with Crippen LogP contribution in [0.4, 0.5) is 10.3 Å². The van der Waals surface area contributed by atoms with Crippen molar-refractivity contribution in [1.82, 2.24) is 9.55 Å². The lowest BCUT2D eigenvalue weighted by Crippen LogP contribution is -2.26. The molecule has 2 aromatic rings. The summed E-state index contributed by atoms with van der Waals surface area (Å²) in [6.07, 6.45) is 0. The predicted octanol–water partition coefficient (Wildman–Crippen LogP) is 4.09. The molecule has 5 heteroatoms. The molecule has 1 aromatic carbocycles. The molecule has 0 fully saturated rings. The molecule has 3 nitrogen and oxygen atoms in total. The van der Waals surface area contributed by atoms with Crippen LogP contribution in [-0.4, -0.2) is 9.55 Å². The Morgan fingerprint density at radius 2 is 2.05 bits per heavy atom. The lowest BCUT2D eigenvalue weighted by molar-refractivity contribution is 0.214. The van der Waals surface area contributed by atoms with E-state index < -0.39 is 5.82 Å². The SMILES string of the molecule is CC(C)C(C)(C)Cn1c(N)nc2cc(Cl)c(F)cc21. The zero-order valence-corrected chi connectivity index (χ0v) is 12.4. The summed E-state index contributed by atoms with van der Waals surface area (Å²) in [6, 6.07) is 2.92. The monoisotopic (exact) mass is 283 g/mol. The Morgan fingerprint density at radius 3 is 2.63 bits per heavy atom. The molecule has 0 bridgehead atoms. The first kappa shape index (κ1) is 14.1. The highest BCUT2D eigenvalue weighted by molar-refractivity contribution is 6.31. The fourth-order valence-corrected chi connectivity index (χ4v) is 2.05. The van der Waals surface area contributed by atoms with Crippen molar-refractivity contribution in [3.8, 4) is 0 Å². The Labute approximate surface area is 117 Å². The molecule has 0 spiro atoms. The second kappa shape index (κ2) is 4.67. The van der Waals surface area contributed by atoms with Crippen molar-refractivity contribution in [1.29, 1.82) is 0 Å². The summed E-state index contributed by atoms with van der Waals surface area (Å²) < 4.78 is 15.5. The number of rotatable bonds is 3. The average molecular weight is 284 g/mol. The third-order valence-corrected chi connectivity index (χ3v) is 4.24. The first-order chi connectivity index (χ1) is 8.72. The maximum absolute atomic E-state index is 13.6. The summed E-state index contributed by atoms with van der Waals surface area (Å²) in [5.74, 6) is 0.421. The fourth-order valence-electron chi connectivity index (χ4n) is 1.90. The van der Waals surface area contributed by atoms with Gasteiger partial charge in [-0.1, -0.05) is 39.3 Å². The molecule has 104 valence electrons. The summed E-state index contributed by atoms with van der Waals surface area (Å²) in [5.41, 5.74) is 7.30. The molecule has 0 aliphatic rings. The van der Waals surface area contributed by atoms with Crippen molar-refractivity contribution in [2.45, 2.75) is 34.2 Å². The van der Waals surface area contributed by atoms with Gasteiger partial charge in [-0.25, -0.2) is 9.37 Å². The summed E-state index contributed by atoms with van der Waals surface area (Å²) >= 11 is 5.77. The van der Waals surface area contributed by atoms with E-state index in [2.05, 4.69) is 32.7 Å². The zero-order chi connectivity index (χ0) is 14.4. The Kier molecular flexibility index (Phi) is 3.47. The quantitative estimate of drug-likeness (QED) is 0.922. The molecule has 1 aromatic heterocycles. The number of fused-ring (bicyclic) bond motifs is 1. The number of nitrogens with zero attached hydrogens (tertiary/aromatic N) is 2. The van der Waals surface area contributed by atoms with Crippen LogP contribution >= 0.6 is 11.6 Å². The second-order valence-corrected chi connectivity index (χ2v) is 6.36. The Hall–Kier alpha value is -1.29. The molecule has 0 aliphatic carbocycles. The minimum Gasteiger partial charge on any atom is -0.369 e. The molecule has 2 N–H and O–H groups in total. The molecule has 0 amide bonds. The van der Waals surface area contributed by atoms with Crippen molar-refractivity contribution >= 4 is 28.6 Å². The van der Waals surface area contributed by atoms with Crippen LogP contribution < -0.4 is 5.73 Å². The maximum atomic E-state index is 13.6. The molecule has 0 radical (unpaired) electrons. The van der Waals surface area contributed by atoms with Gasteiger partial charge in [0.05, 0.1) is 16.1 Å². The van der Waals surface area contributed by atoms with E-state index in [-0.39, 0.29) is 10.4 Å². The number of imidazole rings is 1. The zero-order valence-electron chi connectivity index (χ0n) is 11.7. The van der Waals surface area contributed by atoms with Crippen molar-refractivity contribution in [2.24, 2.45) is 11.3 Å². The van der Waals surface area contributed by atoms with Crippen molar-refractivity contribution in [2.75, 3.05) is 5.73 Å². The number of nitrogen functional groups attached to an aromatic ring is 1. The molecular formula is C14H19ClFN3. The highest BCUT2D eigenvalue weighted by Crippen LogP contribution is 2.32. The predicted molar refractivity (Wildman–Crippen MR) is 77.7 cm³/mol. The normalized spacial score (nSPS) is 12.6. The van der Waals surface area contributed by atoms with Crippen LogP contribution in [0.2, 0.25) is 5.02 Å². The van der Waals surface area contributed by atoms with E-state index in [1.54, 1.807) is 0 Å². The van der Waals surface area contributed by atoms with E-state index in [4.69, 9.17) is 17.3 Å². The minimum absolute atomic E-state index is 0.0395. The molecule has 1 heterocycles. The summed E-state index contributed by atoms with van der Waals surface area (Å²) in [6.45, 7) is 9.33. The summed E-state index contributed by atoms with van der Waals surface area (Å²) in [5, 5.41) is 0.0697. The minimum atomic E-state index is -0.447. The number of benzene rings is 1. The second-order valence-electron chi connectivity index (χ2n) is 5.95. The van der Waals surface area contributed by atoms with Gasteiger partial charge in [0.2, 0.25) is 5.95 Å². The number of halogens is 2. The molecular weight excluding hydrogens is 265 g/mol. The molecule has 0 saturated carbocycles. The van der Waals surface area contributed by atoms with E-state index in [1.165, 1.54) is 12.1 Å². The first-order valence-corrected chi connectivity index (χ1v) is 6.71. The van der Waals surface area contributed by atoms with Gasteiger partial charge in [-0.3, -0.25) is 0 Å². The summed E-state index contributed by atoms with van der Waals surface area (Å²) in [4.78, 5) is 4.25. The van der Waals surface area contributed by atoms with Gasteiger partial charge in [0, 0.05) is 12.6 Å². The van der Waals surface area contributed by atoms with Gasteiger partial charge in [-0.05, 0) is 17.4 Å². The van der Waals surface area contributed by atoms with Crippen LogP contribution in [-0.2, 0) is 6.54 Å². The van der Waals surface area contributed by atoms with Crippen LogP contribution in [0.3, 0.4) is 0 Å². The van der Waals surface area contributed by atoms with Crippen LogP contribution in [0.25, 0.3) is 11.0 Å². The molecule has 0 saturated heterocycles. The van der Waals surface area contributed by atoms with Crippen LogP contribution in [0.1, 0.15) is 27.7 Å². The first-order valence-electron chi connectivity index (χ1n) is 6.33. The highest BCUT2D eigenvalue weighted by atomic mass is 35.5. The largest absolute Gasteiger partial charge is 0.369 e. The van der Waals surface area contributed by atoms with Crippen molar-refractivity contribution in [3.63, 3.8) is 0 Å². The van der Waals surface area contributed by atoms with E-state index >= 15 is 0 Å². The molecule has 0 unspecified atom stereocenters. The standard InChI is InChI=1S/C14H19ClFN3/c1-8(2)14(3,4)7-19-12-6-10(16)9(15)5-11(12)18-13(19)17/h5-6,8H,7H2,1-4H3,(H2,17,18). The average Bonchev–Trinajstić information content (AvgIpc) is 2.56. The van der Waals surface area contributed by atoms with E-state index in [1.807, 2.05) is 4.57 Å². The molecule has 2 rings (SSSR count). The van der Waals surface area contributed by atoms with Gasteiger partial charge < -0.3 is 10.3 Å². The van der Waals surface area contributed by atoms with E-state index in [9.17, 15) is 4.39 Å². The molecule has 0 aliphatic heterocycles. The number of hydrogen-bond donors (Lipinski definition) is 1. The number of anilines is 1. The van der Waals surface area contributed by atoms with Crippen molar-refractivity contribution in [3.05, 3.63) is 23.0 Å². The maximum Gasteiger partial charge on any atom is 0.201 e. The third kappa shape index (κ3) is 2.54. The van der Waals surface area contributed by atoms with E-state index in [0.717, 1.165) is 0 Å². The van der Waals surface area contributed by atoms with Gasteiger partial charge in [0.15, 0.2) is 0 Å². The number of hydrogen-bond acceptors (Lipinski definition) is 2. The Bertz CT molecular complexity index is 617. The van der Waals surface area contributed by atoms with Gasteiger partial charge in [0.1, 0.15) is 5.82 Å². The van der Waals surface area contributed by atoms with Crippen LogP contribution in [0.5, 0.6) is 0 Å². The van der Waals surface area contributed by atoms with E-state index in [0.29, 0.717) is 29.4 Å². The highest BCUT2D eigenvalue weighted by Gasteiger charge is 2.25. The lowest BCUT2D eigenvalue weighted by Gasteiger charge is -2.30. The Balaban J connectivity index is 2.54. The lowest BCUT2D eigenvalue weighted by atomic mass is 9.81. The number of nitrogens with two attached hydrogens (primary N) is 1. The smallest absolute Gasteiger partial charge is 0.201 e. The van der Waals surface area contributed by atoms with Crippen LogP contribution in [0.15, 0.2) is 12.1 Å². The van der Waals surface area contributed by atoms with Gasteiger partial charge in [-0.15, -0.1) is 0 Å². The van der Waals surface area contributed by atoms with Crippen molar-refractivity contribution < 1.29 is 4.39 Å². The van der Waals surface area contributed by atoms with Gasteiger partial charge >= 0.3 is 0 Å². The van der Waals surface area contributed by atoms with Gasteiger partial charge in [0.25, 0.3) is 0 Å². The topological polar surface area (TPSA) is 43.8 Å². The Morgan fingerprint density at radius 1 is 1.42 bits per heavy atom. The third-order valence-electron chi connectivity index (χ3n) is 3.95. The summed E-state index contributed by atoms with van der Waals surface area (Å²) in [7, 11) is 0. The fraction of sp³-hybridized carbons (Fsp3) is 0.500. The molecule has 19 heavy (non-hydrogen) atoms. The van der Waals surface area contributed by atoms with Crippen LogP contribution in [0, 0.1) is 17.2 Å². The molecule has 0 atom stereocenters.